The highest BCUT2D eigenvalue weighted by Crippen LogP contribution is 1.97. The molecule has 0 heteroatoms. The number of hydrogen-bond donors (Lipinski definition) is 0. The van der Waals surface area contributed by atoms with E-state index in [0.29, 0.717) is 0 Å². The fraction of sp³-hybridized carbons (Fsp3) is 0.500. The van der Waals surface area contributed by atoms with Gasteiger partial charge in [0, 0.05) is 0 Å². The van der Waals surface area contributed by atoms with Crippen LogP contribution in [-0.2, 0) is 0 Å². The Morgan fingerprint density at radius 3 is 1.88 bits per heavy atom. The van der Waals surface area contributed by atoms with Crippen molar-refractivity contribution in [2.24, 2.45) is 0 Å². The average molecular weight is 109 g/mol. The van der Waals surface area contributed by atoms with Gasteiger partial charge in [0.25, 0.3) is 0 Å². The molecule has 0 spiro atoms. The van der Waals surface area contributed by atoms with E-state index in [1.165, 1.54) is 11.1 Å². The SMILES string of the molecule is C/[C]=C(\C)C=C(C)C. The van der Waals surface area contributed by atoms with Crippen LogP contribution in [0.3, 0.4) is 0 Å². The van der Waals surface area contributed by atoms with E-state index in [1.807, 2.05) is 13.8 Å². The van der Waals surface area contributed by atoms with Gasteiger partial charge in [0.2, 0.25) is 0 Å². The molecule has 0 rings (SSSR count). The van der Waals surface area contributed by atoms with Crippen LogP contribution in [-0.4, -0.2) is 0 Å². The molecule has 0 fully saturated rings. The Hall–Kier alpha value is -0.520. The minimum atomic E-state index is 1.21. The summed E-state index contributed by atoms with van der Waals surface area (Å²) in [7, 11) is 0. The maximum atomic E-state index is 3.04. The van der Waals surface area contributed by atoms with E-state index in [4.69, 9.17) is 0 Å². The standard InChI is InChI=1S/C8H13/c1-5-8(4)6-7(2)3/h6H,1-4H3. The molecular weight excluding hydrogens is 96.1 g/mol. The lowest BCUT2D eigenvalue weighted by Crippen LogP contribution is -1.68. The lowest BCUT2D eigenvalue weighted by atomic mass is 10.2. The fourth-order valence-electron chi connectivity index (χ4n) is 0.505. The first-order valence-corrected chi connectivity index (χ1v) is 2.83. The summed E-state index contributed by atoms with van der Waals surface area (Å²) in [4.78, 5) is 0. The molecule has 0 aromatic carbocycles. The third-order valence-electron chi connectivity index (χ3n) is 0.900. The molecule has 45 valence electrons. The summed E-state index contributed by atoms with van der Waals surface area (Å²) in [5, 5.41) is 0. The predicted octanol–water partition coefficient (Wildman–Crippen LogP) is 2.72. The van der Waals surface area contributed by atoms with Gasteiger partial charge in [-0.1, -0.05) is 11.6 Å². The van der Waals surface area contributed by atoms with Crippen molar-refractivity contribution in [1.82, 2.24) is 0 Å². The van der Waals surface area contributed by atoms with Gasteiger partial charge in [0.15, 0.2) is 0 Å². The number of rotatable bonds is 1. The Balaban J connectivity index is 3.89. The molecule has 0 atom stereocenters. The van der Waals surface area contributed by atoms with E-state index < -0.39 is 0 Å². The molecule has 0 aromatic heterocycles. The first-order chi connectivity index (χ1) is 3.66. The predicted molar refractivity (Wildman–Crippen MR) is 37.5 cm³/mol. The minimum absolute atomic E-state index is 1.21. The van der Waals surface area contributed by atoms with Crippen LogP contribution in [0.1, 0.15) is 27.7 Å². The molecule has 0 saturated heterocycles. The third-order valence-corrected chi connectivity index (χ3v) is 0.900. The fourth-order valence-corrected chi connectivity index (χ4v) is 0.505. The lowest BCUT2D eigenvalue weighted by molar-refractivity contribution is 1.33. The molecule has 0 unspecified atom stereocenters. The van der Waals surface area contributed by atoms with E-state index in [1.54, 1.807) is 0 Å². The minimum Gasteiger partial charge on any atom is -0.0762 e. The van der Waals surface area contributed by atoms with Crippen LogP contribution in [0.4, 0.5) is 0 Å². The first-order valence-electron chi connectivity index (χ1n) is 2.83. The summed E-state index contributed by atoms with van der Waals surface area (Å²) in [5.41, 5.74) is 2.54. The summed E-state index contributed by atoms with van der Waals surface area (Å²) >= 11 is 0. The topological polar surface area (TPSA) is 0 Å². The molecule has 1 radical (unpaired) electrons. The van der Waals surface area contributed by atoms with Gasteiger partial charge in [-0.3, -0.25) is 0 Å². The quantitative estimate of drug-likeness (QED) is 0.454. The Labute approximate surface area is 51.9 Å². The summed E-state index contributed by atoms with van der Waals surface area (Å²) in [6.07, 6.45) is 5.15. The number of hydrogen-bond acceptors (Lipinski definition) is 0. The molecule has 0 bridgehead atoms. The molecule has 8 heavy (non-hydrogen) atoms. The maximum Gasteiger partial charge on any atom is -0.0392 e. The van der Waals surface area contributed by atoms with Crippen LogP contribution in [0.5, 0.6) is 0 Å². The van der Waals surface area contributed by atoms with E-state index in [0.717, 1.165) is 0 Å². The zero-order valence-corrected chi connectivity index (χ0v) is 6.08. The van der Waals surface area contributed by atoms with Crippen molar-refractivity contribution in [3.63, 3.8) is 0 Å². The first kappa shape index (κ1) is 7.48. The van der Waals surface area contributed by atoms with Crippen molar-refractivity contribution < 1.29 is 0 Å². The summed E-state index contributed by atoms with van der Waals surface area (Å²) < 4.78 is 0. The Morgan fingerprint density at radius 2 is 1.75 bits per heavy atom. The zero-order valence-electron chi connectivity index (χ0n) is 6.08. The van der Waals surface area contributed by atoms with Gasteiger partial charge in [-0.15, -0.1) is 0 Å². The van der Waals surface area contributed by atoms with Gasteiger partial charge in [-0.2, -0.15) is 0 Å². The molecule has 0 aliphatic carbocycles. The van der Waals surface area contributed by atoms with Crippen LogP contribution < -0.4 is 0 Å². The highest BCUT2D eigenvalue weighted by atomic mass is 13.8. The van der Waals surface area contributed by atoms with Crippen molar-refractivity contribution in [2.75, 3.05) is 0 Å². The molecule has 0 saturated carbocycles. The Morgan fingerprint density at radius 1 is 1.25 bits per heavy atom. The van der Waals surface area contributed by atoms with Crippen molar-refractivity contribution in [2.45, 2.75) is 27.7 Å². The van der Waals surface area contributed by atoms with Crippen LogP contribution >= 0.6 is 0 Å². The van der Waals surface area contributed by atoms with Gasteiger partial charge in [-0.05, 0) is 39.3 Å². The second-order valence-corrected chi connectivity index (χ2v) is 2.15. The largest absolute Gasteiger partial charge is 0.0762 e. The van der Waals surface area contributed by atoms with Gasteiger partial charge >= 0.3 is 0 Å². The van der Waals surface area contributed by atoms with Crippen molar-refractivity contribution in [3.05, 3.63) is 23.3 Å². The molecule has 0 heterocycles. The number of allylic oxidation sites excluding steroid dienone is 4. The summed E-state index contributed by atoms with van der Waals surface area (Å²) in [6, 6.07) is 0. The lowest BCUT2D eigenvalue weighted by Gasteiger charge is -1.88. The zero-order chi connectivity index (χ0) is 6.57. The van der Waals surface area contributed by atoms with Gasteiger partial charge in [0.1, 0.15) is 0 Å². The molecule has 0 aromatic rings. The van der Waals surface area contributed by atoms with Crippen molar-refractivity contribution >= 4 is 0 Å². The van der Waals surface area contributed by atoms with Gasteiger partial charge in [-0.25, -0.2) is 0 Å². The summed E-state index contributed by atoms with van der Waals surface area (Å²) in [6.45, 7) is 8.14. The van der Waals surface area contributed by atoms with E-state index >= 15 is 0 Å². The molecule has 0 aliphatic heterocycles. The van der Waals surface area contributed by atoms with Crippen LogP contribution in [0.15, 0.2) is 17.2 Å². The highest BCUT2D eigenvalue weighted by molar-refractivity contribution is 5.15. The maximum absolute atomic E-state index is 3.04. The van der Waals surface area contributed by atoms with Crippen LogP contribution in [0.2, 0.25) is 0 Å². The second-order valence-electron chi connectivity index (χ2n) is 2.15. The van der Waals surface area contributed by atoms with Crippen molar-refractivity contribution in [3.8, 4) is 0 Å². The van der Waals surface area contributed by atoms with Crippen LogP contribution in [0.25, 0.3) is 0 Å². The van der Waals surface area contributed by atoms with E-state index in [9.17, 15) is 0 Å². The molecule has 0 amide bonds. The van der Waals surface area contributed by atoms with E-state index in [-0.39, 0.29) is 0 Å². The highest BCUT2D eigenvalue weighted by Gasteiger charge is 1.77. The van der Waals surface area contributed by atoms with Gasteiger partial charge in [0.05, 0.1) is 0 Å². The molecular formula is C8H13. The van der Waals surface area contributed by atoms with Crippen LogP contribution in [0, 0.1) is 6.08 Å². The normalized spacial score (nSPS) is 11.2. The Kier molecular flexibility index (Phi) is 3.25. The smallest absolute Gasteiger partial charge is 0.0392 e. The van der Waals surface area contributed by atoms with E-state index in [2.05, 4.69) is 26.0 Å². The second kappa shape index (κ2) is 3.48. The Bertz CT molecular complexity index is 112. The van der Waals surface area contributed by atoms with Crippen molar-refractivity contribution in [1.29, 1.82) is 0 Å². The summed E-state index contributed by atoms with van der Waals surface area (Å²) in [5.74, 6) is 0. The van der Waals surface area contributed by atoms with Gasteiger partial charge < -0.3 is 0 Å². The molecule has 0 N–H and O–H groups in total. The third kappa shape index (κ3) is 3.66. The monoisotopic (exact) mass is 109 g/mol. The molecule has 0 nitrogen and oxygen atoms in total. The molecule has 0 aliphatic rings. The average Bonchev–Trinajstić information content (AvgIpc) is 1.65.